The summed E-state index contributed by atoms with van der Waals surface area (Å²) in [5, 5.41) is 2.79. The summed E-state index contributed by atoms with van der Waals surface area (Å²) >= 11 is 0. The molecule has 23 heavy (non-hydrogen) atoms. The zero-order valence-corrected chi connectivity index (χ0v) is 13.6. The maximum absolute atomic E-state index is 12.3. The van der Waals surface area contributed by atoms with E-state index in [9.17, 15) is 4.79 Å². The van der Waals surface area contributed by atoms with Crippen molar-refractivity contribution in [1.82, 2.24) is 0 Å². The number of anilines is 2. The van der Waals surface area contributed by atoms with E-state index >= 15 is 0 Å². The first kappa shape index (κ1) is 16.7. The second-order valence-electron chi connectivity index (χ2n) is 5.27. The quantitative estimate of drug-likeness (QED) is 0.797. The van der Waals surface area contributed by atoms with Gasteiger partial charge in [-0.15, -0.1) is 0 Å². The zero-order valence-electron chi connectivity index (χ0n) is 13.6. The Kier molecular flexibility index (Phi) is 5.46. The maximum atomic E-state index is 12.3. The molecule has 0 saturated carbocycles. The molecule has 0 fully saturated rings. The lowest BCUT2D eigenvalue weighted by Crippen LogP contribution is -2.14. The minimum atomic E-state index is -0.236. The number of nitrogen functional groups attached to an aromatic ring is 1. The van der Waals surface area contributed by atoms with Gasteiger partial charge in [-0.25, -0.2) is 0 Å². The molecule has 0 spiro atoms. The molecule has 1 atom stereocenters. The fourth-order valence-electron chi connectivity index (χ4n) is 1.97. The molecule has 2 rings (SSSR count). The van der Waals surface area contributed by atoms with Gasteiger partial charge in [0.1, 0.15) is 11.5 Å². The van der Waals surface area contributed by atoms with E-state index in [1.54, 1.807) is 49.6 Å². The van der Waals surface area contributed by atoms with Gasteiger partial charge in [0.05, 0.1) is 24.6 Å². The van der Waals surface area contributed by atoms with Crippen LogP contribution in [0.5, 0.6) is 11.5 Å². The lowest BCUT2D eigenvalue weighted by atomic mass is 10.2. The summed E-state index contributed by atoms with van der Waals surface area (Å²) in [6.45, 7) is 4.07. The molecule has 5 heteroatoms. The monoisotopic (exact) mass is 314 g/mol. The van der Waals surface area contributed by atoms with Gasteiger partial charge in [-0.05, 0) is 49.7 Å². The highest BCUT2D eigenvalue weighted by Crippen LogP contribution is 2.25. The lowest BCUT2D eigenvalue weighted by molar-refractivity contribution is 0.102. The van der Waals surface area contributed by atoms with Gasteiger partial charge < -0.3 is 20.5 Å². The van der Waals surface area contributed by atoms with Crippen molar-refractivity contribution in [2.75, 3.05) is 18.2 Å². The molecule has 2 aromatic rings. The van der Waals surface area contributed by atoms with Gasteiger partial charge in [0.15, 0.2) is 0 Å². The second kappa shape index (κ2) is 7.54. The fraction of sp³-hybridized carbons (Fsp3) is 0.278. The Labute approximate surface area is 136 Å². The van der Waals surface area contributed by atoms with Crippen LogP contribution in [-0.4, -0.2) is 19.1 Å². The van der Waals surface area contributed by atoms with Gasteiger partial charge in [0.25, 0.3) is 5.91 Å². The lowest BCUT2D eigenvalue weighted by Gasteiger charge is -2.13. The van der Waals surface area contributed by atoms with Crippen LogP contribution < -0.4 is 20.5 Å². The second-order valence-corrected chi connectivity index (χ2v) is 5.27. The summed E-state index contributed by atoms with van der Waals surface area (Å²) in [7, 11) is 1.56. The molecule has 0 radical (unpaired) electrons. The fourth-order valence-corrected chi connectivity index (χ4v) is 1.97. The van der Waals surface area contributed by atoms with E-state index in [1.807, 2.05) is 6.92 Å². The third-order valence-corrected chi connectivity index (χ3v) is 3.54. The number of hydrogen-bond donors (Lipinski definition) is 2. The Morgan fingerprint density at radius 2 is 1.83 bits per heavy atom. The predicted molar refractivity (Wildman–Crippen MR) is 92.2 cm³/mol. The van der Waals surface area contributed by atoms with E-state index in [2.05, 4.69) is 12.2 Å². The van der Waals surface area contributed by atoms with E-state index in [-0.39, 0.29) is 12.0 Å². The molecule has 2 aromatic carbocycles. The van der Waals surface area contributed by atoms with Gasteiger partial charge in [-0.1, -0.05) is 6.92 Å². The van der Waals surface area contributed by atoms with Crippen molar-refractivity contribution in [2.24, 2.45) is 0 Å². The van der Waals surface area contributed by atoms with Crippen LogP contribution in [0.4, 0.5) is 11.4 Å². The van der Waals surface area contributed by atoms with Crippen molar-refractivity contribution in [3.05, 3.63) is 48.0 Å². The zero-order chi connectivity index (χ0) is 16.8. The predicted octanol–water partition coefficient (Wildman–Crippen LogP) is 3.71. The molecule has 0 aliphatic carbocycles. The first-order chi connectivity index (χ1) is 11.0. The van der Waals surface area contributed by atoms with Crippen LogP contribution >= 0.6 is 0 Å². The molecule has 5 nitrogen and oxygen atoms in total. The molecule has 0 aliphatic heterocycles. The first-order valence-electron chi connectivity index (χ1n) is 7.55. The highest BCUT2D eigenvalue weighted by Gasteiger charge is 2.10. The Morgan fingerprint density at radius 3 is 2.43 bits per heavy atom. The summed E-state index contributed by atoms with van der Waals surface area (Å²) in [5.74, 6) is 1.14. The molecule has 1 unspecified atom stereocenters. The summed E-state index contributed by atoms with van der Waals surface area (Å²) < 4.78 is 10.8. The van der Waals surface area contributed by atoms with Crippen LogP contribution in [0, 0.1) is 0 Å². The Morgan fingerprint density at radius 1 is 1.17 bits per heavy atom. The summed E-state index contributed by atoms with van der Waals surface area (Å²) in [4.78, 5) is 12.3. The number of methoxy groups -OCH3 is 1. The molecular formula is C18H22N2O3. The first-order valence-corrected chi connectivity index (χ1v) is 7.55. The largest absolute Gasteiger partial charge is 0.497 e. The molecule has 0 saturated heterocycles. The van der Waals surface area contributed by atoms with Gasteiger partial charge in [-0.2, -0.15) is 0 Å². The van der Waals surface area contributed by atoms with E-state index < -0.39 is 0 Å². The van der Waals surface area contributed by atoms with Crippen LogP contribution in [0.2, 0.25) is 0 Å². The summed E-state index contributed by atoms with van der Waals surface area (Å²) in [5.41, 5.74) is 7.41. The smallest absolute Gasteiger partial charge is 0.255 e. The highest BCUT2D eigenvalue weighted by atomic mass is 16.5. The minimum absolute atomic E-state index is 0.145. The van der Waals surface area contributed by atoms with Crippen molar-refractivity contribution in [2.45, 2.75) is 26.4 Å². The van der Waals surface area contributed by atoms with Crippen molar-refractivity contribution >= 4 is 17.3 Å². The Hall–Kier alpha value is -2.69. The Bertz CT molecular complexity index is 668. The number of ether oxygens (including phenoxy) is 2. The molecule has 3 N–H and O–H groups in total. The third-order valence-electron chi connectivity index (χ3n) is 3.54. The molecule has 0 aliphatic rings. The van der Waals surface area contributed by atoms with Crippen LogP contribution in [0.1, 0.15) is 30.6 Å². The van der Waals surface area contributed by atoms with E-state index in [1.165, 1.54) is 0 Å². The topological polar surface area (TPSA) is 73.6 Å². The van der Waals surface area contributed by atoms with Crippen molar-refractivity contribution < 1.29 is 14.3 Å². The normalized spacial score (nSPS) is 11.6. The van der Waals surface area contributed by atoms with Crippen molar-refractivity contribution in [1.29, 1.82) is 0 Å². The average molecular weight is 314 g/mol. The number of nitrogens with two attached hydrogens (primary N) is 1. The standard InChI is InChI=1S/C18H22N2O3/c1-4-12(2)23-14-7-5-13(6-8-14)18(21)20-17-11-15(22-3)9-10-16(17)19/h5-12H,4,19H2,1-3H3,(H,20,21). The van der Waals surface area contributed by atoms with E-state index in [0.29, 0.717) is 22.7 Å². The average Bonchev–Trinajstić information content (AvgIpc) is 2.57. The molecule has 0 aromatic heterocycles. The third kappa shape index (κ3) is 4.39. The number of hydrogen-bond acceptors (Lipinski definition) is 4. The van der Waals surface area contributed by atoms with Crippen LogP contribution in [0.3, 0.4) is 0 Å². The van der Waals surface area contributed by atoms with Gasteiger partial charge in [0, 0.05) is 11.6 Å². The van der Waals surface area contributed by atoms with Gasteiger partial charge in [0.2, 0.25) is 0 Å². The number of rotatable bonds is 6. The number of amides is 1. The van der Waals surface area contributed by atoms with Gasteiger partial charge in [-0.3, -0.25) is 4.79 Å². The number of nitrogens with one attached hydrogen (secondary N) is 1. The molecule has 0 heterocycles. The number of benzene rings is 2. The van der Waals surface area contributed by atoms with Crippen LogP contribution in [-0.2, 0) is 0 Å². The maximum Gasteiger partial charge on any atom is 0.255 e. The SMILES string of the molecule is CCC(C)Oc1ccc(C(=O)Nc2cc(OC)ccc2N)cc1. The van der Waals surface area contributed by atoms with E-state index in [0.717, 1.165) is 12.2 Å². The molecule has 1 amide bonds. The molecule has 0 bridgehead atoms. The molecule has 122 valence electrons. The van der Waals surface area contributed by atoms with Crippen LogP contribution in [0.25, 0.3) is 0 Å². The van der Waals surface area contributed by atoms with Gasteiger partial charge >= 0.3 is 0 Å². The number of carbonyl (C=O) groups is 1. The summed E-state index contributed by atoms with van der Waals surface area (Å²) in [6.07, 6.45) is 1.07. The van der Waals surface area contributed by atoms with Crippen molar-refractivity contribution in [3.8, 4) is 11.5 Å². The minimum Gasteiger partial charge on any atom is -0.497 e. The molecular weight excluding hydrogens is 292 g/mol. The van der Waals surface area contributed by atoms with Crippen LogP contribution in [0.15, 0.2) is 42.5 Å². The number of carbonyl (C=O) groups excluding carboxylic acids is 1. The summed E-state index contributed by atoms with van der Waals surface area (Å²) in [6, 6.07) is 12.1. The van der Waals surface area contributed by atoms with Crippen molar-refractivity contribution in [3.63, 3.8) is 0 Å². The Balaban J connectivity index is 2.09. The highest BCUT2D eigenvalue weighted by molar-refractivity contribution is 6.05. The van der Waals surface area contributed by atoms with E-state index in [4.69, 9.17) is 15.2 Å².